The van der Waals surface area contributed by atoms with Crippen molar-refractivity contribution in [1.82, 2.24) is 9.47 Å². The molecule has 1 saturated heterocycles. The van der Waals surface area contributed by atoms with Gasteiger partial charge in [0.1, 0.15) is 21.8 Å². The zero-order chi connectivity index (χ0) is 22.0. The lowest BCUT2D eigenvalue weighted by Gasteiger charge is -2.26. The molecule has 1 saturated carbocycles. The average Bonchev–Trinajstić information content (AvgIpc) is 3.32. The van der Waals surface area contributed by atoms with Gasteiger partial charge in [-0.3, -0.25) is 19.1 Å². The number of rotatable bonds is 6. The first-order chi connectivity index (χ1) is 14.3. The van der Waals surface area contributed by atoms with Gasteiger partial charge in [0.25, 0.3) is 11.5 Å². The Labute approximate surface area is 187 Å². The molecule has 1 aromatic rings. The van der Waals surface area contributed by atoms with Crippen LogP contribution in [-0.2, 0) is 11.8 Å². The number of thioether (sulfide) groups is 1. The maximum absolute atomic E-state index is 13.2. The van der Waals surface area contributed by atoms with Gasteiger partial charge in [-0.2, -0.15) is 5.26 Å². The van der Waals surface area contributed by atoms with E-state index in [4.69, 9.17) is 12.2 Å². The number of carbonyl (C=O) groups excluding carboxylic acids is 1. The number of nitriles is 1. The van der Waals surface area contributed by atoms with E-state index in [1.807, 2.05) is 24.1 Å². The maximum atomic E-state index is 13.2. The quantitative estimate of drug-likeness (QED) is 0.489. The van der Waals surface area contributed by atoms with Gasteiger partial charge in [-0.05, 0) is 37.8 Å². The summed E-state index contributed by atoms with van der Waals surface area (Å²) in [7, 11) is 3.62. The SMILES string of the molecule is CCCCN(C)c1c(C=C2SC(=S)N(C3CCCC3)C2=O)c(C)c(C#N)c(=O)n1C. The van der Waals surface area contributed by atoms with Crippen LogP contribution in [-0.4, -0.2) is 39.3 Å². The highest BCUT2D eigenvalue weighted by molar-refractivity contribution is 8.26. The van der Waals surface area contributed by atoms with E-state index in [1.165, 1.54) is 16.3 Å². The van der Waals surface area contributed by atoms with E-state index in [1.54, 1.807) is 18.9 Å². The molecule has 0 aromatic carbocycles. The van der Waals surface area contributed by atoms with Crippen LogP contribution in [0.5, 0.6) is 0 Å². The number of anilines is 1. The molecule has 1 aliphatic carbocycles. The van der Waals surface area contributed by atoms with Crippen LogP contribution >= 0.6 is 24.0 Å². The van der Waals surface area contributed by atoms with Gasteiger partial charge in [0.05, 0.1) is 4.91 Å². The predicted molar refractivity (Wildman–Crippen MR) is 127 cm³/mol. The van der Waals surface area contributed by atoms with Crippen molar-refractivity contribution in [1.29, 1.82) is 5.26 Å². The molecule has 2 heterocycles. The summed E-state index contributed by atoms with van der Waals surface area (Å²) >= 11 is 6.84. The van der Waals surface area contributed by atoms with Crippen molar-refractivity contribution < 1.29 is 4.79 Å². The van der Waals surface area contributed by atoms with Crippen molar-refractivity contribution >= 4 is 46.1 Å². The Kier molecular flexibility index (Phi) is 7.04. The maximum Gasteiger partial charge on any atom is 0.270 e. The zero-order valence-corrected chi connectivity index (χ0v) is 19.7. The summed E-state index contributed by atoms with van der Waals surface area (Å²) in [5.74, 6) is 0.655. The highest BCUT2D eigenvalue weighted by Gasteiger charge is 2.38. The van der Waals surface area contributed by atoms with E-state index >= 15 is 0 Å². The Morgan fingerprint density at radius 3 is 2.60 bits per heavy atom. The van der Waals surface area contributed by atoms with Crippen LogP contribution < -0.4 is 10.5 Å². The first-order valence-corrected chi connectivity index (χ1v) is 11.7. The first kappa shape index (κ1) is 22.6. The fourth-order valence-corrected chi connectivity index (χ4v) is 5.65. The summed E-state index contributed by atoms with van der Waals surface area (Å²) in [6.07, 6.45) is 8.05. The van der Waals surface area contributed by atoms with Crippen molar-refractivity contribution in [3.05, 3.63) is 31.9 Å². The van der Waals surface area contributed by atoms with E-state index in [-0.39, 0.29) is 23.1 Å². The first-order valence-electron chi connectivity index (χ1n) is 10.4. The van der Waals surface area contributed by atoms with Crippen LogP contribution in [0.4, 0.5) is 5.82 Å². The van der Waals surface area contributed by atoms with Crippen molar-refractivity contribution in [2.75, 3.05) is 18.5 Å². The van der Waals surface area contributed by atoms with E-state index in [0.29, 0.717) is 14.8 Å². The number of amides is 1. The van der Waals surface area contributed by atoms with E-state index in [0.717, 1.165) is 56.5 Å². The molecule has 6 nitrogen and oxygen atoms in total. The molecule has 30 heavy (non-hydrogen) atoms. The third-order valence-corrected chi connectivity index (χ3v) is 7.30. The third kappa shape index (κ3) is 4.06. The number of nitrogens with zero attached hydrogens (tertiary/aromatic N) is 4. The standard InChI is InChI=1S/C22H28N4O2S2/c1-5-6-11-24(3)19-16(14(2)17(13-23)20(27)25(19)4)12-18-21(28)26(22(29)30-18)15-9-7-8-10-15/h12,15H,5-11H2,1-4H3. The lowest BCUT2D eigenvalue weighted by Crippen LogP contribution is -2.36. The molecule has 2 fully saturated rings. The molecule has 160 valence electrons. The number of thiocarbonyl (C=S) groups is 1. The fraction of sp³-hybridized carbons (Fsp3) is 0.545. The molecule has 1 amide bonds. The smallest absolute Gasteiger partial charge is 0.270 e. The molecule has 0 spiro atoms. The largest absolute Gasteiger partial charge is 0.360 e. The summed E-state index contributed by atoms with van der Waals surface area (Å²) in [5, 5.41) is 9.56. The van der Waals surface area contributed by atoms with Crippen LogP contribution in [0.25, 0.3) is 6.08 Å². The Morgan fingerprint density at radius 2 is 2.00 bits per heavy atom. The number of pyridine rings is 1. The zero-order valence-electron chi connectivity index (χ0n) is 18.0. The van der Waals surface area contributed by atoms with Crippen molar-refractivity contribution in [2.24, 2.45) is 7.05 Å². The molecule has 2 aliphatic rings. The van der Waals surface area contributed by atoms with Crippen LogP contribution in [0.1, 0.15) is 62.1 Å². The second kappa shape index (κ2) is 9.36. The van der Waals surface area contributed by atoms with E-state index in [9.17, 15) is 14.9 Å². The molecule has 0 radical (unpaired) electrons. The molecule has 0 unspecified atom stereocenters. The second-order valence-electron chi connectivity index (χ2n) is 7.98. The van der Waals surface area contributed by atoms with Crippen LogP contribution in [0.2, 0.25) is 0 Å². The lowest BCUT2D eigenvalue weighted by molar-refractivity contribution is -0.123. The minimum atomic E-state index is -0.316. The number of carbonyl (C=O) groups is 1. The molecule has 3 rings (SSSR count). The Bertz CT molecular complexity index is 1000. The van der Waals surface area contributed by atoms with Crippen LogP contribution in [0, 0.1) is 18.3 Å². The average molecular weight is 445 g/mol. The normalized spacial score (nSPS) is 18.5. The Morgan fingerprint density at radius 1 is 1.33 bits per heavy atom. The minimum Gasteiger partial charge on any atom is -0.360 e. The summed E-state index contributed by atoms with van der Waals surface area (Å²) < 4.78 is 2.12. The van der Waals surface area contributed by atoms with Gasteiger partial charge in [-0.25, -0.2) is 0 Å². The van der Waals surface area contributed by atoms with Gasteiger partial charge >= 0.3 is 0 Å². The predicted octanol–water partition coefficient (Wildman–Crippen LogP) is 3.95. The van der Waals surface area contributed by atoms with Gasteiger partial charge in [0.15, 0.2) is 0 Å². The molecular weight excluding hydrogens is 416 g/mol. The molecule has 0 N–H and O–H groups in total. The van der Waals surface area contributed by atoms with Gasteiger partial charge in [-0.15, -0.1) is 0 Å². The summed E-state index contributed by atoms with van der Waals surface area (Å²) in [4.78, 5) is 30.3. The van der Waals surface area contributed by atoms with E-state index in [2.05, 4.69) is 6.92 Å². The van der Waals surface area contributed by atoms with Gasteiger partial charge in [0, 0.05) is 32.2 Å². The van der Waals surface area contributed by atoms with E-state index < -0.39 is 0 Å². The molecule has 0 bridgehead atoms. The number of aromatic nitrogens is 1. The fourth-order valence-electron chi connectivity index (χ4n) is 4.26. The topological polar surface area (TPSA) is 69.3 Å². The van der Waals surface area contributed by atoms with Gasteiger partial charge in [0.2, 0.25) is 0 Å². The van der Waals surface area contributed by atoms with Crippen molar-refractivity contribution in [2.45, 2.75) is 58.4 Å². The summed E-state index contributed by atoms with van der Waals surface area (Å²) in [5.41, 5.74) is 1.14. The molecule has 1 aliphatic heterocycles. The number of hydrogen-bond donors (Lipinski definition) is 0. The minimum absolute atomic E-state index is 0.0641. The number of hydrogen-bond acceptors (Lipinski definition) is 6. The van der Waals surface area contributed by atoms with Crippen molar-refractivity contribution in [3.63, 3.8) is 0 Å². The number of unbranched alkanes of at least 4 members (excludes halogenated alkanes) is 1. The molecular formula is C22H28N4O2S2. The van der Waals surface area contributed by atoms with Crippen LogP contribution in [0.3, 0.4) is 0 Å². The molecule has 0 atom stereocenters. The summed E-state index contributed by atoms with van der Waals surface area (Å²) in [6, 6.07) is 2.23. The lowest BCUT2D eigenvalue weighted by atomic mass is 10.0. The highest BCUT2D eigenvalue weighted by Crippen LogP contribution is 2.39. The Balaban J connectivity index is 2.11. The van der Waals surface area contributed by atoms with Crippen LogP contribution in [0.15, 0.2) is 9.70 Å². The van der Waals surface area contributed by atoms with Crippen molar-refractivity contribution in [3.8, 4) is 6.07 Å². The highest BCUT2D eigenvalue weighted by atomic mass is 32.2. The second-order valence-corrected chi connectivity index (χ2v) is 9.65. The monoisotopic (exact) mass is 444 g/mol. The molecule has 8 heteroatoms. The Hall–Kier alpha value is -2.11. The summed E-state index contributed by atoms with van der Waals surface area (Å²) in [6.45, 7) is 4.67. The van der Waals surface area contributed by atoms with Gasteiger partial charge in [-0.1, -0.05) is 50.2 Å². The van der Waals surface area contributed by atoms with Gasteiger partial charge < -0.3 is 4.90 Å². The third-order valence-electron chi connectivity index (χ3n) is 5.97. The molecule has 1 aromatic heterocycles.